The number of aromatic amines is 1. The van der Waals surface area contributed by atoms with Crippen LogP contribution in [0.1, 0.15) is 5.56 Å². The van der Waals surface area contributed by atoms with Crippen molar-refractivity contribution in [2.45, 2.75) is 6.18 Å². The van der Waals surface area contributed by atoms with Crippen LogP contribution in [0.25, 0.3) is 33.2 Å². The molecule has 5 aromatic rings. The topological polar surface area (TPSA) is 41.7 Å². The second-order valence-electron chi connectivity index (χ2n) is 6.94. The van der Waals surface area contributed by atoms with Gasteiger partial charge in [-0.1, -0.05) is 36.4 Å². The molecule has 0 unspecified atom stereocenters. The smallest absolute Gasteiger partial charge is 0.284 e. The van der Waals surface area contributed by atoms with E-state index in [9.17, 15) is 18.0 Å². The van der Waals surface area contributed by atoms with Crippen LogP contribution in [0.3, 0.4) is 0 Å². The monoisotopic (exact) mass is 406 g/mol. The average Bonchev–Trinajstić information content (AvgIpc) is 3.11. The SMILES string of the molecule is O=c1c2c([nH]n1-c1ccc(C(F)(F)F)cc1)c1ccccc1c[n+]2-c1ccccc1. The first-order valence-electron chi connectivity index (χ1n) is 9.25. The van der Waals surface area contributed by atoms with Crippen LogP contribution in [-0.4, -0.2) is 9.78 Å². The lowest BCUT2D eigenvalue weighted by molar-refractivity contribution is -0.566. The van der Waals surface area contributed by atoms with E-state index >= 15 is 0 Å². The van der Waals surface area contributed by atoms with E-state index in [0.29, 0.717) is 16.7 Å². The summed E-state index contributed by atoms with van der Waals surface area (Å²) in [5.41, 5.74) is 1.05. The van der Waals surface area contributed by atoms with Crippen molar-refractivity contribution in [2.24, 2.45) is 0 Å². The molecule has 0 fully saturated rings. The van der Waals surface area contributed by atoms with Gasteiger partial charge in [-0.15, -0.1) is 0 Å². The molecule has 1 N–H and O–H groups in total. The lowest BCUT2D eigenvalue weighted by Crippen LogP contribution is -2.35. The van der Waals surface area contributed by atoms with E-state index in [1.807, 2.05) is 60.8 Å². The number of halogens is 3. The van der Waals surface area contributed by atoms with Crippen LogP contribution in [0.5, 0.6) is 0 Å². The summed E-state index contributed by atoms with van der Waals surface area (Å²) in [6, 6.07) is 21.6. The number of nitrogens with zero attached hydrogens (tertiary/aromatic N) is 2. The van der Waals surface area contributed by atoms with Gasteiger partial charge in [0.15, 0.2) is 6.20 Å². The molecule has 0 saturated carbocycles. The fraction of sp³-hybridized carbons (Fsp3) is 0.0435. The molecule has 0 atom stereocenters. The average molecular weight is 406 g/mol. The van der Waals surface area contributed by atoms with Crippen molar-refractivity contribution < 1.29 is 17.7 Å². The quantitative estimate of drug-likeness (QED) is 0.422. The minimum atomic E-state index is -4.43. The Hall–Kier alpha value is -3.87. The molecule has 0 spiro atoms. The Kier molecular flexibility index (Phi) is 3.99. The number of aromatic nitrogens is 3. The van der Waals surface area contributed by atoms with Crippen molar-refractivity contribution in [1.82, 2.24) is 9.78 Å². The van der Waals surface area contributed by atoms with Crippen molar-refractivity contribution in [2.75, 3.05) is 0 Å². The van der Waals surface area contributed by atoms with Crippen LogP contribution in [0.15, 0.2) is 89.9 Å². The van der Waals surface area contributed by atoms with E-state index in [1.54, 1.807) is 4.57 Å². The van der Waals surface area contributed by atoms with E-state index < -0.39 is 11.7 Å². The summed E-state index contributed by atoms with van der Waals surface area (Å²) in [4.78, 5) is 13.3. The van der Waals surface area contributed by atoms with Crippen molar-refractivity contribution in [1.29, 1.82) is 0 Å². The molecule has 2 heterocycles. The largest absolute Gasteiger partial charge is 0.416 e. The van der Waals surface area contributed by atoms with Crippen LogP contribution in [-0.2, 0) is 6.18 Å². The molecule has 0 aliphatic heterocycles. The second kappa shape index (κ2) is 6.59. The number of rotatable bonds is 2. The van der Waals surface area contributed by atoms with E-state index in [1.165, 1.54) is 16.8 Å². The fourth-order valence-electron chi connectivity index (χ4n) is 3.65. The van der Waals surface area contributed by atoms with Crippen molar-refractivity contribution >= 4 is 21.8 Å². The molecule has 2 aromatic heterocycles. The Morgan fingerprint density at radius 1 is 0.833 bits per heavy atom. The van der Waals surface area contributed by atoms with Crippen LogP contribution >= 0.6 is 0 Å². The molecule has 0 aliphatic carbocycles. The molecule has 0 saturated heterocycles. The van der Waals surface area contributed by atoms with E-state index in [-0.39, 0.29) is 5.56 Å². The van der Waals surface area contributed by atoms with Gasteiger partial charge in [0.05, 0.1) is 11.3 Å². The van der Waals surface area contributed by atoms with E-state index in [0.717, 1.165) is 28.6 Å². The van der Waals surface area contributed by atoms with E-state index in [4.69, 9.17) is 0 Å². The predicted octanol–water partition coefficient (Wildman–Crippen LogP) is 4.77. The Bertz CT molecular complexity index is 1430. The number of fused-ring (bicyclic) bond motifs is 3. The van der Waals surface area contributed by atoms with Gasteiger partial charge < -0.3 is 0 Å². The Morgan fingerprint density at radius 3 is 2.20 bits per heavy atom. The first kappa shape index (κ1) is 18.2. The third-order valence-corrected chi connectivity index (χ3v) is 5.09. The number of para-hydroxylation sites is 1. The molecular formula is C23H15F3N3O+. The molecule has 148 valence electrons. The standard InChI is InChI=1S/C23H14F3N3O/c24-23(25,26)16-10-12-18(13-11-16)29-22(30)21-20(27-29)19-9-5-4-6-15(19)14-28(21)17-7-2-1-3-8-17/h1-14H/p+1. The molecule has 0 radical (unpaired) electrons. The first-order valence-corrected chi connectivity index (χ1v) is 9.25. The summed E-state index contributed by atoms with van der Waals surface area (Å²) in [6.45, 7) is 0. The highest BCUT2D eigenvalue weighted by Crippen LogP contribution is 2.29. The van der Waals surface area contributed by atoms with E-state index in [2.05, 4.69) is 5.10 Å². The molecule has 0 amide bonds. The van der Waals surface area contributed by atoms with Gasteiger partial charge in [0.2, 0.25) is 5.69 Å². The lowest BCUT2D eigenvalue weighted by atomic mass is 10.1. The van der Waals surface area contributed by atoms with Gasteiger partial charge in [-0.25, -0.2) is 4.68 Å². The zero-order chi connectivity index (χ0) is 20.9. The highest BCUT2D eigenvalue weighted by molar-refractivity contribution is 6.01. The number of nitrogens with one attached hydrogen (secondary N) is 1. The first-order chi connectivity index (χ1) is 14.4. The Labute approximate surface area is 168 Å². The number of pyridine rings is 1. The molecule has 3 aromatic carbocycles. The third kappa shape index (κ3) is 2.86. The van der Waals surface area contributed by atoms with Crippen LogP contribution in [0.4, 0.5) is 13.2 Å². The Balaban J connectivity index is 1.81. The van der Waals surface area contributed by atoms with Gasteiger partial charge in [0.1, 0.15) is 5.52 Å². The molecular weight excluding hydrogens is 391 g/mol. The number of hydrogen-bond acceptors (Lipinski definition) is 1. The number of H-pyrrole nitrogens is 1. The third-order valence-electron chi connectivity index (χ3n) is 5.09. The van der Waals surface area contributed by atoms with Gasteiger partial charge in [-0.3, -0.25) is 9.89 Å². The fourth-order valence-corrected chi connectivity index (χ4v) is 3.65. The molecule has 0 bridgehead atoms. The number of hydrogen-bond donors (Lipinski definition) is 1. The summed E-state index contributed by atoms with van der Waals surface area (Å²) in [6.07, 6.45) is -2.55. The molecule has 4 nitrogen and oxygen atoms in total. The van der Waals surface area contributed by atoms with Gasteiger partial charge in [0.25, 0.3) is 0 Å². The molecule has 5 rings (SSSR count). The number of alkyl halides is 3. The van der Waals surface area contributed by atoms with Gasteiger partial charge in [0, 0.05) is 22.9 Å². The maximum atomic E-state index is 13.3. The minimum absolute atomic E-state index is 0.327. The van der Waals surface area contributed by atoms with Gasteiger partial charge in [-0.2, -0.15) is 17.7 Å². The van der Waals surface area contributed by atoms with Crippen molar-refractivity contribution in [3.05, 3.63) is 101 Å². The zero-order valence-electron chi connectivity index (χ0n) is 15.5. The summed E-state index contributed by atoms with van der Waals surface area (Å²) < 4.78 is 41.8. The van der Waals surface area contributed by atoms with Crippen molar-refractivity contribution in [3.63, 3.8) is 0 Å². The maximum Gasteiger partial charge on any atom is 0.416 e. The highest BCUT2D eigenvalue weighted by atomic mass is 19.4. The lowest BCUT2D eigenvalue weighted by Gasteiger charge is -2.07. The molecule has 0 aliphatic rings. The molecule has 30 heavy (non-hydrogen) atoms. The minimum Gasteiger partial charge on any atom is -0.284 e. The Morgan fingerprint density at radius 2 is 1.50 bits per heavy atom. The maximum absolute atomic E-state index is 13.3. The summed E-state index contributed by atoms with van der Waals surface area (Å²) in [7, 11) is 0. The van der Waals surface area contributed by atoms with Crippen molar-refractivity contribution in [3.8, 4) is 11.4 Å². The van der Waals surface area contributed by atoms with Gasteiger partial charge in [-0.05, 0) is 30.3 Å². The normalized spacial score (nSPS) is 12.0. The van der Waals surface area contributed by atoms with Gasteiger partial charge >= 0.3 is 17.3 Å². The van der Waals surface area contributed by atoms with Crippen LogP contribution in [0.2, 0.25) is 0 Å². The summed E-state index contributed by atoms with van der Waals surface area (Å²) in [5, 5.41) is 4.87. The van der Waals surface area contributed by atoms with Crippen LogP contribution in [0, 0.1) is 0 Å². The summed E-state index contributed by atoms with van der Waals surface area (Å²) in [5.74, 6) is 0. The van der Waals surface area contributed by atoms with Crippen LogP contribution < -0.4 is 10.1 Å². The second-order valence-corrected chi connectivity index (χ2v) is 6.94. The summed E-state index contributed by atoms with van der Waals surface area (Å²) >= 11 is 0. The zero-order valence-corrected chi connectivity index (χ0v) is 15.5. The highest BCUT2D eigenvalue weighted by Gasteiger charge is 2.30. The molecule has 7 heteroatoms. The number of benzene rings is 3. The predicted molar refractivity (Wildman–Crippen MR) is 108 cm³/mol.